The monoisotopic (exact) mass is 474 g/mol. The second-order valence-corrected chi connectivity index (χ2v) is 8.06. The molecule has 0 bridgehead atoms. The van der Waals surface area contributed by atoms with Crippen LogP contribution in [0.2, 0.25) is 5.02 Å². The van der Waals surface area contributed by atoms with E-state index >= 15 is 0 Å². The van der Waals surface area contributed by atoms with Gasteiger partial charge in [0.15, 0.2) is 0 Å². The highest BCUT2D eigenvalue weighted by Gasteiger charge is 2.46. The first-order chi connectivity index (χ1) is 15.8. The Labute approximate surface area is 198 Å². The van der Waals surface area contributed by atoms with E-state index < -0.39 is 23.5 Å². The molecule has 1 heterocycles. The average molecular weight is 475 g/mol. The quantitative estimate of drug-likeness (QED) is 0.325. The number of aliphatic hydroxyl groups is 1. The third kappa shape index (κ3) is 5.20. The standard InChI is InChI=1S/C25H28ClFN2O4/c1-4-28(5-2)12-13-29-22(16-8-7-9-18(27)14-16)21(24(31)25(29)32)23(30)17-10-11-20(33-6-3)19(26)15-17/h7-11,14-15,22,30H,4-6,12-13H2,1-3H3. The van der Waals surface area contributed by atoms with Gasteiger partial charge in [-0.05, 0) is 55.9 Å². The molecule has 2 aromatic carbocycles. The number of amides is 1. The summed E-state index contributed by atoms with van der Waals surface area (Å²) in [6, 6.07) is 9.45. The van der Waals surface area contributed by atoms with E-state index in [0.29, 0.717) is 24.5 Å². The van der Waals surface area contributed by atoms with Crippen LogP contribution < -0.4 is 4.74 Å². The number of benzene rings is 2. The first-order valence-corrected chi connectivity index (χ1v) is 11.4. The van der Waals surface area contributed by atoms with Crippen LogP contribution in [-0.4, -0.2) is 59.4 Å². The van der Waals surface area contributed by atoms with Crippen molar-refractivity contribution in [2.75, 3.05) is 32.8 Å². The van der Waals surface area contributed by atoms with Crippen molar-refractivity contribution in [1.29, 1.82) is 0 Å². The number of nitrogens with zero attached hydrogens (tertiary/aromatic N) is 2. The number of hydrogen-bond donors (Lipinski definition) is 1. The van der Waals surface area contributed by atoms with Crippen LogP contribution in [0, 0.1) is 5.82 Å². The summed E-state index contributed by atoms with van der Waals surface area (Å²) in [4.78, 5) is 29.6. The highest BCUT2D eigenvalue weighted by atomic mass is 35.5. The second kappa shape index (κ2) is 10.8. The van der Waals surface area contributed by atoms with Gasteiger partial charge in [0.05, 0.1) is 23.2 Å². The molecule has 1 N–H and O–H groups in total. The van der Waals surface area contributed by atoms with Gasteiger partial charge in [0.1, 0.15) is 17.3 Å². The molecule has 1 atom stereocenters. The number of hydrogen-bond acceptors (Lipinski definition) is 5. The molecule has 33 heavy (non-hydrogen) atoms. The Hall–Kier alpha value is -2.90. The Kier molecular flexibility index (Phi) is 8.10. The lowest BCUT2D eigenvalue weighted by Crippen LogP contribution is -2.38. The topological polar surface area (TPSA) is 70.1 Å². The van der Waals surface area contributed by atoms with Crippen LogP contribution in [0.15, 0.2) is 48.0 Å². The van der Waals surface area contributed by atoms with Crippen molar-refractivity contribution in [3.05, 3.63) is 70.0 Å². The summed E-state index contributed by atoms with van der Waals surface area (Å²) in [6.45, 7) is 8.64. The number of Topliss-reactive ketones (excluding diaryl/α,β-unsaturated/α-hetero) is 1. The Morgan fingerprint density at radius 1 is 1.15 bits per heavy atom. The van der Waals surface area contributed by atoms with E-state index in [1.165, 1.54) is 29.2 Å². The molecule has 0 spiro atoms. The number of aliphatic hydroxyl groups excluding tert-OH is 1. The molecule has 8 heteroatoms. The predicted molar refractivity (Wildman–Crippen MR) is 126 cm³/mol. The Morgan fingerprint density at radius 2 is 1.88 bits per heavy atom. The van der Waals surface area contributed by atoms with Gasteiger partial charge in [-0.25, -0.2) is 4.39 Å². The summed E-state index contributed by atoms with van der Waals surface area (Å²) in [5.74, 6) is -1.96. The van der Waals surface area contributed by atoms with Crippen molar-refractivity contribution in [3.63, 3.8) is 0 Å². The molecule has 0 aliphatic carbocycles. The number of carbonyl (C=O) groups excluding carboxylic acids is 2. The van der Waals surface area contributed by atoms with Crippen molar-refractivity contribution in [2.24, 2.45) is 0 Å². The van der Waals surface area contributed by atoms with Crippen LogP contribution in [-0.2, 0) is 9.59 Å². The molecule has 0 aromatic heterocycles. The normalized spacial score (nSPS) is 17.8. The van der Waals surface area contributed by atoms with E-state index in [1.54, 1.807) is 18.2 Å². The maximum Gasteiger partial charge on any atom is 0.295 e. The highest BCUT2D eigenvalue weighted by molar-refractivity contribution is 6.46. The maximum atomic E-state index is 14.1. The van der Waals surface area contributed by atoms with Gasteiger partial charge in [-0.1, -0.05) is 37.6 Å². The minimum Gasteiger partial charge on any atom is -0.507 e. The van der Waals surface area contributed by atoms with Gasteiger partial charge in [0.25, 0.3) is 11.7 Å². The summed E-state index contributed by atoms with van der Waals surface area (Å²) in [6.07, 6.45) is 0. The predicted octanol–water partition coefficient (Wildman–Crippen LogP) is 4.64. The molecule has 1 amide bonds. The summed E-state index contributed by atoms with van der Waals surface area (Å²) in [7, 11) is 0. The smallest absolute Gasteiger partial charge is 0.295 e. The molecule has 0 saturated carbocycles. The third-order valence-corrected chi connectivity index (χ3v) is 6.06. The van der Waals surface area contributed by atoms with Crippen LogP contribution in [0.3, 0.4) is 0 Å². The zero-order valence-electron chi connectivity index (χ0n) is 19.0. The fourth-order valence-corrected chi connectivity index (χ4v) is 4.23. The lowest BCUT2D eigenvalue weighted by molar-refractivity contribution is -0.140. The van der Waals surface area contributed by atoms with E-state index in [9.17, 15) is 19.1 Å². The minimum absolute atomic E-state index is 0.0922. The molecule has 1 aliphatic heterocycles. The summed E-state index contributed by atoms with van der Waals surface area (Å²) >= 11 is 6.27. The molecule has 176 valence electrons. The third-order valence-electron chi connectivity index (χ3n) is 5.76. The van der Waals surface area contributed by atoms with Crippen LogP contribution in [0.4, 0.5) is 4.39 Å². The van der Waals surface area contributed by atoms with Crippen LogP contribution in [0.5, 0.6) is 5.75 Å². The zero-order chi connectivity index (χ0) is 24.1. The number of ether oxygens (including phenoxy) is 1. The zero-order valence-corrected chi connectivity index (χ0v) is 19.7. The van der Waals surface area contributed by atoms with E-state index in [4.69, 9.17) is 16.3 Å². The van der Waals surface area contributed by atoms with E-state index in [-0.39, 0.29) is 28.5 Å². The lowest BCUT2D eigenvalue weighted by Gasteiger charge is -2.28. The first-order valence-electron chi connectivity index (χ1n) is 11.0. The van der Waals surface area contributed by atoms with E-state index in [0.717, 1.165) is 13.1 Å². The minimum atomic E-state index is -0.915. The Morgan fingerprint density at radius 3 is 2.48 bits per heavy atom. The van der Waals surface area contributed by atoms with Gasteiger partial charge in [0, 0.05) is 18.7 Å². The molecular formula is C25H28ClFN2O4. The number of likely N-dealkylation sites (N-methyl/N-ethyl adjacent to an activating group) is 1. The number of rotatable bonds is 9. The first kappa shape index (κ1) is 24.7. The van der Waals surface area contributed by atoms with Gasteiger partial charge in [-0.2, -0.15) is 0 Å². The van der Waals surface area contributed by atoms with Crippen molar-refractivity contribution in [3.8, 4) is 5.75 Å². The van der Waals surface area contributed by atoms with Gasteiger partial charge in [0.2, 0.25) is 0 Å². The molecule has 1 fully saturated rings. The summed E-state index contributed by atoms with van der Waals surface area (Å²) in [5.41, 5.74) is 0.587. The molecule has 3 rings (SSSR count). The summed E-state index contributed by atoms with van der Waals surface area (Å²) in [5, 5.41) is 11.4. The number of halogens is 2. The average Bonchev–Trinajstić information content (AvgIpc) is 3.05. The van der Waals surface area contributed by atoms with Crippen LogP contribution >= 0.6 is 11.6 Å². The van der Waals surface area contributed by atoms with E-state index in [1.807, 2.05) is 20.8 Å². The molecule has 1 saturated heterocycles. The fourth-order valence-electron chi connectivity index (χ4n) is 4.00. The van der Waals surface area contributed by atoms with Gasteiger partial charge in [-0.3, -0.25) is 9.59 Å². The van der Waals surface area contributed by atoms with Crippen molar-refractivity contribution >= 4 is 29.1 Å². The maximum absolute atomic E-state index is 14.1. The van der Waals surface area contributed by atoms with Crippen LogP contribution in [0.25, 0.3) is 5.76 Å². The SMILES string of the molecule is CCOc1ccc(C(O)=C2C(=O)C(=O)N(CCN(CC)CC)C2c2cccc(F)c2)cc1Cl. The molecular weight excluding hydrogens is 447 g/mol. The molecule has 1 aliphatic rings. The number of ketones is 1. The Bertz CT molecular complexity index is 1070. The highest BCUT2D eigenvalue weighted by Crippen LogP contribution is 2.40. The van der Waals surface area contributed by atoms with Crippen molar-refractivity contribution < 1.29 is 23.8 Å². The molecule has 1 unspecified atom stereocenters. The fraction of sp³-hybridized carbons (Fsp3) is 0.360. The molecule has 2 aromatic rings. The van der Waals surface area contributed by atoms with Gasteiger partial charge < -0.3 is 19.6 Å². The van der Waals surface area contributed by atoms with Crippen molar-refractivity contribution in [2.45, 2.75) is 26.8 Å². The molecule has 0 radical (unpaired) electrons. The lowest BCUT2D eigenvalue weighted by atomic mass is 9.95. The van der Waals surface area contributed by atoms with E-state index in [2.05, 4.69) is 4.90 Å². The van der Waals surface area contributed by atoms with Gasteiger partial charge >= 0.3 is 0 Å². The second-order valence-electron chi connectivity index (χ2n) is 7.65. The van der Waals surface area contributed by atoms with Crippen LogP contribution in [0.1, 0.15) is 37.9 Å². The Balaban J connectivity index is 2.10. The number of likely N-dealkylation sites (tertiary alicyclic amines) is 1. The summed E-state index contributed by atoms with van der Waals surface area (Å²) < 4.78 is 19.5. The van der Waals surface area contributed by atoms with Crippen molar-refractivity contribution in [1.82, 2.24) is 9.80 Å². The molecule has 6 nitrogen and oxygen atoms in total. The number of carbonyl (C=O) groups is 2. The largest absolute Gasteiger partial charge is 0.507 e. The van der Waals surface area contributed by atoms with Gasteiger partial charge in [-0.15, -0.1) is 0 Å².